The molecule has 1 amide bonds. The normalized spacial score (nSPS) is 14.6. The number of hydrogen-bond donors (Lipinski definition) is 0. The lowest BCUT2D eigenvalue weighted by atomic mass is 10.2. The lowest BCUT2D eigenvalue weighted by Crippen LogP contribution is -2.48. The highest BCUT2D eigenvalue weighted by atomic mass is 35.5. The van der Waals surface area contributed by atoms with E-state index in [0.717, 1.165) is 34.2 Å². The molecule has 0 atom stereocenters. The summed E-state index contributed by atoms with van der Waals surface area (Å²) >= 11 is 13.8. The zero-order valence-electron chi connectivity index (χ0n) is 14.6. The first-order valence-electron chi connectivity index (χ1n) is 8.49. The number of halogens is 2. The van der Waals surface area contributed by atoms with Gasteiger partial charge in [-0.2, -0.15) is 0 Å². The molecule has 8 heteroatoms. The molecule has 140 valence electrons. The Morgan fingerprint density at radius 3 is 2.63 bits per heavy atom. The number of rotatable bonds is 3. The summed E-state index contributed by atoms with van der Waals surface area (Å²) in [5, 5.41) is 1.89. The average Bonchev–Trinajstić information content (AvgIpc) is 3.12. The molecule has 1 saturated heterocycles. The molecule has 3 aromatic rings. The van der Waals surface area contributed by atoms with E-state index in [2.05, 4.69) is 4.90 Å². The molecule has 0 aliphatic carbocycles. The molecule has 1 aliphatic heterocycles. The van der Waals surface area contributed by atoms with Crippen molar-refractivity contribution in [1.29, 1.82) is 0 Å². The predicted octanol–water partition coefficient (Wildman–Crippen LogP) is 4.57. The highest BCUT2D eigenvalue weighted by molar-refractivity contribution is 7.22. The largest absolute Gasteiger partial charge is 0.497 e. The Balaban J connectivity index is 1.47. The molecular weight excluding hydrogens is 405 g/mol. The summed E-state index contributed by atoms with van der Waals surface area (Å²) in [4.78, 5) is 21.5. The van der Waals surface area contributed by atoms with Crippen molar-refractivity contribution < 1.29 is 9.53 Å². The summed E-state index contributed by atoms with van der Waals surface area (Å²) in [7, 11) is 1.66. The average molecular weight is 422 g/mol. The Kier molecular flexibility index (Phi) is 5.12. The third-order valence-corrected chi connectivity index (χ3v) is 6.22. The fourth-order valence-corrected chi connectivity index (χ4v) is 4.50. The summed E-state index contributed by atoms with van der Waals surface area (Å²) in [5.74, 6) is 0.739. The number of thiazole rings is 1. The molecule has 0 N–H and O–H groups in total. The van der Waals surface area contributed by atoms with Gasteiger partial charge in [0.2, 0.25) is 0 Å². The van der Waals surface area contributed by atoms with Gasteiger partial charge in [-0.1, -0.05) is 34.5 Å². The van der Waals surface area contributed by atoms with E-state index in [1.807, 2.05) is 23.1 Å². The Hall–Kier alpha value is -2.02. The van der Waals surface area contributed by atoms with Crippen LogP contribution in [0.25, 0.3) is 10.2 Å². The fourth-order valence-electron chi connectivity index (χ4n) is 3.09. The molecule has 2 heterocycles. The number of nitrogens with zero attached hydrogens (tertiary/aromatic N) is 3. The monoisotopic (exact) mass is 421 g/mol. The van der Waals surface area contributed by atoms with Crippen molar-refractivity contribution in [2.75, 3.05) is 38.2 Å². The fraction of sp³-hybridized carbons (Fsp3) is 0.263. The maximum atomic E-state index is 12.8. The van der Waals surface area contributed by atoms with Crippen LogP contribution in [0.1, 0.15) is 10.4 Å². The van der Waals surface area contributed by atoms with Gasteiger partial charge >= 0.3 is 0 Å². The smallest absolute Gasteiger partial charge is 0.255 e. The van der Waals surface area contributed by atoms with Gasteiger partial charge in [-0.05, 0) is 36.4 Å². The third kappa shape index (κ3) is 3.70. The Morgan fingerprint density at radius 1 is 1.11 bits per heavy atom. The zero-order valence-corrected chi connectivity index (χ0v) is 16.9. The van der Waals surface area contributed by atoms with E-state index >= 15 is 0 Å². The van der Waals surface area contributed by atoms with Crippen LogP contribution >= 0.6 is 34.5 Å². The first kappa shape index (κ1) is 18.3. The minimum atomic E-state index is -0.0869. The minimum Gasteiger partial charge on any atom is -0.497 e. The Labute approximate surface area is 171 Å². The van der Waals surface area contributed by atoms with Crippen LogP contribution in [0.15, 0.2) is 36.4 Å². The highest BCUT2D eigenvalue weighted by Crippen LogP contribution is 2.32. The van der Waals surface area contributed by atoms with E-state index in [1.54, 1.807) is 36.6 Å². The molecule has 5 nitrogen and oxygen atoms in total. The van der Waals surface area contributed by atoms with E-state index in [0.29, 0.717) is 28.7 Å². The van der Waals surface area contributed by atoms with Gasteiger partial charge in [0.15, 0.2) is 5.13 Å². The van der Waals surface area contributed by atoms with Crippen LogP contribution in [0, 0.1) is 0 Å². The lowest BCUT2D eigenvalue weighted by molar-refractivity contribution is 0.0747. The van der Waals surface area contributed by atoms with Crippen LogP contribution in [-0.4, -0.2) is 49.1 Å². The molecule has 0 spiro atoms. The molecular formula is C19H17Cl2N3O2S. The standard InChI is InChI=1S/C19H17Cl2N3O2S/c1-26-13-3-5-16-17(11-13)27-19(22-16)24-8-6-23(7-9-24)18(25)14-10-12(20)2-4-15(14)21/h2-5,10-11H,6-9H2,1H3. The summed E-state index contributed by atoms with van der Waals surface area (Å²) in [6.07, 6.45) is 0. The number of fused-ring (bicyclic) bond motifs is 1. The second-order valence-corrected chi connectivity index (χ2v) is 8.09. The highest BCUT2D eigenvalue weighted by Gasteiger charge is 2.25. The molecule has 27 heavy (non-hydrogen) atoms. The Morgan fingerprint density at radius 2 is 1.89 bits per heavy atom. The van der Waals surface area contributed by atoms with Crippen molar-refractivity contribution in [2.24, 2.45) is 0 Å². The zero-order chi connectivity index (χ0) is 19.0. The predicted molar refractivity (Wildman–Crippen MR) is 111 cm³/mol. The van der Waals surface area contributed by atoms with Gasteiger partial charge in [0.25, 0.3) is 5.91 Å². The second kappa shape index (κ2) is 7.54. The minimum absolute atomic E-state index is 0.0869. The molecule has 1 aromatic heterocycles. The van der Waals surface area contributed by atoms with Gasteiger partial charge < -0.3 is 14.5 Å². The van der Waals surface area contributed by atoms with Gasteiger partial charge in [-0.15, -0.1) is 0 Å². The van der Waals surface area contributed by atoms with Crippen molar-refractivity contribution >= 4 is 55.8 Å². The maximum Gasteiger partial charge on any atom is 0.255 e. The van der Waals surface area contributed by atoms with Crippen LogP contribution < -0.4 is 9.64 Å². The molecule has 1 aliphatic rings. The first-order chi connectivity index (χ1) is 13.0. The second-order valence-electron chi connectivity index (χ2n) is 6.23. The number of hydrogen-bond acceptors (Lipinski definition) is 5. The molecule has 2 aromatic carbocycles. The summed E-state index contributed by atoms with van der Waals surface area (Å²) in [6.45, 7) is 2.67. The molecule has 0 radical (unpaired) electrons. The number of anilines is 1. The van der Waals surface area contributed by atoms with Crippen LogP contribution in [0.3, 0.4) is 0 Å². The topological polar surface area (TPSA) is 45.7 Å². The number of methoxy groups -OCH3 is 1. The summed E-state index contributed by atoms with van der Waals surface area (Å²) in [6, 6.07) is 10.8. The maximum absolute atomic E-state index is 12.8. The van der Waals surface area contributed by atoms with Gasteiger partial charge in [0.1, 0.15) is 5.75 Å². The number of carbonyl (C=O) groups is 1. The number of aromatic nitrogens is 1. The molecule has 0 saturated carbocycles. The SMILES string of the molecule is COc1ccc2nc(N3CCN(C(=O)c4cc(Cl)ccc4Cl)CC3)sc2c1. The van der Waals surface area contributed by atoms with Crippen molar-refractivity contribution in [2.45, 2.75) is 0 Å². The molecule has 1 fully saturated rings. The molecule has 0 unspecified atom stereocenters. The van der Waals surface area contributed by atoms with Gasteiger partial charge in [-0.25, -0.2) is 4.98 Å². The van der Waals surface area contributed by atoms with Crippen molar-refractivity contribution in [3.63, 3.8) is 0 Å². The van der Waals surface area contributed by atoms with Crippen molar-refractivity contribution in [3.8, 4) is 5.75 Å². The van der Waals surface area contributed by atoms with Crippen LogP contribution in [0.5, 0.6) is 5.75 Å². The molecule has 0 bridgehead atoms. The molecule has 4 rings (SSSR count). The number of carbonyl (C=O) groups excluding carboxylic acids is 1. The number of amides is 1. The quantitative estimate of drug-likeness (QED) is 0.620. The van der Waals surface area contributed by atoms with E-state index < -0.39 is 0 Å². The van der Waals surface area contributed by atoms with E-state index in [9.17, 15) is 4.79 Å². The number of piperazine rings is 1. The van der Waals surface area contributed by atoms with Gasteiger partial charge in [0, 0.05) is 31.2 Å². The lowest BCUT2D eigenvalue weighted by Gasteiger charge is -2.34. The Bertz CT molecular complexity index is 1000. The van der Waals surface area contributed by atoms with Crippen molar-refractivity contribution in [3.05, 3.63) is 52.0 Å². The van der Waals surface area contributed by atoms with Crippen LogP contribution in [0.4, 0.5) is 5.13 Å². The van der Waals surface area contributed by atoms with Gasteiger partial charge in [-0.3, -0.25) is 4.79 Å². The number of ether oxygens (including phenoxy) is 1. The van der Waals surface area contributed by atoms with E-state index in [4.69, 9.17) is 32.9 Å². The van der Waals surface area contributed by atoms with Gasteiger partial charge in [0.05, 0.1) is 27.9 Å². The van der Waals surface area contributed by atoms with Crippen LogP contribution in [-0.2, 0) is 0 Å². The van der Waals surface area contributed by atoms with E-state index in [1.165, 1.54) is 0 Å². The third-order valence-electron chi connectivity index (χ3n) is 4.58. The summed E-state index contributed by atoms with van der Waals surface area (Å²) in [5.41, 5.74) is 1.41. The van der Waals surface area contributed by atoms with E-state index in [-0.39, 0.29) is 5.91 Å². The van der Waals surface area contributed by atoms with Crippen LogP contribution in [0.2, 0.25) is 10.0 Å². The van der Waals surface area contributed by atoms with Crippen molar-refractivity contribution in [1.82, 2.24) is 9.88 Å². The first-order valence-corrected chi connectivity index (χ1v) is 10.1. The summed E-state index contributed by atoms with van der Waals surface area (Å²) < 4.78 is 6.37. The number of benzene rings is 2.